The third kappa shape index (κ3) is 4.11. The van der Waals surface area contributed by atoms with Gasteiger partial charge in [-0.1, -0.05) is 0 Å². The topological polar surface area (TPSA) is 39.7 Å². The highest BCUT2D eigenvalue weighted by Crippen LogP contribution is 2.27. The van der Waals surface area contributed by atoms with Crippen molar-refractivity contribution in [3.63, 3.8) is 0 Å². The smallest absolute Gasteiger partial charge is 0.126 e. The number of nitrogens with one attached hydrogen (secondary N) is 1. The van der Waals surface area contributed by atoms with Crippen molar-refractivity contribution in [2.45, 2.75) is 25.3 Å². The number of benzene rings is 1. The van der Waals surface area contributed by atoms with E-state index in [1.165, 1.54) is 12.8 Å². The SMILES string of the molecule is COc1cc(OC)cc(OCCCNC2CC2)c1. The molecule has 4 nitrogen and oxygen atoms in total. The fourth-order valence-corrected chi connectivity index (χ4v) is 1.72. The van der Waals surface area contributed by atoms with Gasteiger partial charge in [-0.2, -0.15) is 0 Å². The minimum absolute atomic E-state index is 0.704. The highest BCUT2D eigenvalue weighted by Gasteiger charge is 2.19. The molecule has 0 unspecified atom stereocenters. The summed E-state index contributed by atoms with van der Waals surface area (Å²) in [7, 11) is 3.27. The van der Waals surface area contributed by atoms with Crippen molar-refractivity contribution < 1.29 is 14.2 Å². The van der Waals surface area contributed by atoms with E-state index in [0.717, 1.165) is 36.3 Å². The van der Waals surface area contributed by atoms with Crippen LogP contribution in [0.25, 0.3) is 0 Å². The van der Waals surface area contributed by atoms with Gasteiger partial charge in [-0.15, -0.1) is 0 Å². The Morgan fingerprint density at radius 1 is 1.06 bits per heavy atom. The fourth-order valence-electron chi connectivity index (χ4n) is 1.72. The number of rotatable bonds is 8. The molecule has 0 radical (unpaired) electrons. The number of hydrogen-bond donors (Lipinski definition) is 1. The molecule has 1 aromatic rings. The Bertz CT molecular complexity index is 355. The molecule has 1 aliphatic rings. The molecule has 1 aliphatic carbocycles. The summed E-state index contributed by atoms with van der Waals surface area (Å²) in [4.78, 5) is 0. The molecule has 1 N–H and O–H groups in total. The average Bonchev–Trinajstić information content (AvgIpc) is 3.22. The van der Waals surface area contributed by atoms with E-state index >= 15 is 0 Å². The average molecular weight is 251 g/mol. The lowest BCUT2D eigenvalue weighted by atomic mass is 10.3. The lowest BCUT2D eigenvalue weighted by Gasteiger charge is -2.10. The molecule has 0 amide bonds. The summed E-state index contributed by atoms with van der Waals surface area (Å²) in [6, 6.07) is 6.34. The molecule has 2 rings (SSSR count). The first-order chi connectivity index (χ1) is 8.81. The van der Waals surface area contributed by atoms with Gasteiger partial charge in [0.15, 0.2) is 0 Å². The van der Waals surface area contributed by atoms with Crippen LogP contribution < -0.4 is 19.5 Å². The zero-order chi connectivity index (χ0) is 12.8. The monoisotopic (exact) mass is 251 g/mol. The number of methoxy groups -OCH3 is 2. The quantitative estimate of drug-likeness (QED) is 0.719. The maximum absolute atomic E-state index is 5.69. The van der Waals surface area contributed by atoms with Crippen molar-refractivity contribution in [3.05, 3.63) is 18.2 Å². The second-order valence-electron chi connectivity index (χ2n) is 4.48. The zero-order valence-electron chi connectivity index (χ0n) is 11.1. The third-order valence-electron chi connectivity index (χ3n) is 2.93. The molecule has 0 bridgehead atoms. The van der Waals surface area contributed by atoms with Crippen molar-refractivity contribution in [2.75, 3.05) is 27.4 Å². The maximum atomic E-state index is 5.69. The fraction of sp³-hybridized carbons (Fsp3) is 0.571. The van der Waals surface area contributed by atoms with Crippen LogP contribution in [0.2, 0.25) is 0 Å². The van der Waals surface area contributed by atoms with Gasteiger partial charge in [-0.3, -0.25) is 0 Å². The largest absolute Gasteiger partial charge is 0.496 e. The second-order valence-corrected chi connectivity index (χ2v) is 4.48. The van der Waals surface area contributed by atoms with Gasteiger partial charge in [-0.05, 0) is 25.8 Å². The van der Waals surface area contributed by atoms with Gasteiger partial charge in [0.05, 0.1) is 20.8 Å². The van der Waals surface area contributed by atoms with Crippen molar-refractivity contribution in [1.29, 1.82) is 0 Å². The Balaban J connectivity index is 1.75. The lowest BCUT2D eigenvalue weighted by molar-refractivity contribution is 0.302. The van der Waals surface area contributed by atoms with E-state index in [1.807, 2.05) is 18.2 Å². The molecule has 18 heavy (non-hydrogen) atoms. The van der Waals surface area contributed by atoms with Crippen molar-refractivity contribution in [2.24, 2.45) is 0 Å². The van der Waals surface area contributed by atoms with Crippen LogP contribution in [0.3, 0.4) is 0 Å². The molecule has 0 aromatic heterocycles. The molecule has 100 valence electrons. The van der Waals surface area contributed by atoms with Gasteiger partial charge in [0.25, 0.3) is 0 Å². The second kappa shape index (κ2) is 6.50. The lowest BCUT2D eigenvalue weighted by Crippen LogP contribution is -2.19. The van der Waals surface area contributed by atoms with E-state index in [-0.39, 0.29) is 0 Å². The van der Waals surface area contributed by atoms with E-state index in [2.05, 4.69) is 5.32 Å². The summed E-state index contributed by atoms with van der Waals surface area (Å²) in [6.45, 7) is 1.72. The van der Waals surface area contributed by atoms with E-state index in [1.54, 1.807) is 14.2 Å². The first-order valence-corrected chi connectivity index (χ1v) is 6.41. The normalized spacial score (nSPS) is 14.3. The predicted molar refractivity (Wildman–Crippen MR) is 70.7 cm³/mol. The van der Waals surface area contributed by atoms with Gasteiger partial charge in [-0.25, -0.2) is 0 Å². The Morgan fingerprint density at radius 2 is 1.67 bits per heavy atom. The molecular formula is C14H21NO3. The van der Waals surface area contributed by atoms with E-state index < -0.39 is 0 Å². The Hall–Kier alpha value is -1.42. The third-order valence-corrected chi connectivity index (χ3v) is 2.93. The molecule has 1 fully saturated rings. The molecular weight excluding hydrogens is 230 g/mol. The van der Waals surface area contributed by atoms with Crippen molar-refractivity contribution >= 4 is 0 Å². The zero-order valence-corrected chi connectivity index (χ0v) is 11.1. The van der Waals surface area contributed by atoms with Crippen LogP contribution in [-0.4, -0.2) is 33.4 Å². The van der Waals surface area contributed by atoms with E-state index in [4.69, 9.17) is 14.2 Å². The van der Waals surface area contributed by atoms with Crippen LogP contribution in [0.15, 0.2) is 18.2 Å². The molecule has 1 saturated carbocycles. The van der Waals surface area contributed by atoms with Gasteiger partial charge >= 0.3 is 0 Å². The summed E-state index contributed by atoms with van der Waals surface area (Å²) in [6.07, 6.45) is 3.66. The molecule has 0 spiro atoms. The standard InChI is InChI=1S/C14H21NO3/c1-16-12-8-13(17-2)10-14(9-12)18-7-3-6-15-11-4-5-11/h8-11,15H,3-7H2,1-2H3. The van der Waals surface area contributed by atoms with Crippen molar-refractivity contribution in [1.82, 2.24) is 5.32 Å². The minimum atomic E-state index is 0.704. The van der Waals surface area contributed by atoms with Crippen LogP contribution in [0.5, 0.6) is 17.2 Å². The summed E-state index contributed by atoms with van der Waals surface area (Å²) in [5.41, 5.74) is 0. The number of ether oxygens (including phenoxy) is 3. The highest BCUT2D eigenvalue weighted by atomic mass is 16.5. The Labute approximate surface area is 108 Å². The van der Waals surface area contributed by atoms with E-state index in [9.17, 15) is 0 Å². The molecule has 1 aromatic carbocycles. The van der Waals surface area contributed by atoms with E-state index in [0.29, 0.717) is 6.61 Å². The first-order valence-electron chi connectivity index (χ1n) is 6.41. The van der Waals surface area contributed by atoms with Crippen molar-refractivity contribution in [3.8, 4) is 17.2 Å². The summed E-state index contributed by atoms with van der Waals surface area (Å²) < 4.78 is 16.1. The summed E-state index contributed by atoms with van der Waals surface area (Å²) in [5, 5.41) is 3.46. The Kier molecular flexibility index (Phi) is 4.70. The molecule has 0 saturated heterocycles. The molecule has 4 heteroatoms. The summed E-state index contributed by atoms with van der Waals surface area (Å²) in [5.74, 6) is 2.29. The Morgan fingerprint density at radius 3 is 2.22 bits per heavy atom. The highest BCUT2D eigenvalue weighted by molar-refractivity contribution is 5.41. The number of hydrogen-bond acceptors (Lipinski definition) is 4. The van der Waals surface area contributed by atoms with Gasteiger partial charge in [0.1, 0.15) is 17.2 Å². The van der Waals surface area contributed by atoms with Crippen LogP contribution in [0.4, 0.5) is 0 Å². The van der Waals surface area contributed by atoms with Crippen LogP contribution >= 0.6 is 0 Å². The molecule has 0 aliphatic heterocycles. The van der Waals surface area contributed by atoms with Crippen LogP contribution in [0, 0.1) is 0 Å². The van der Waals surface area contributed by atoms with Crippen LogP contribution in [0.1, 0.15) is 19.3 Å². The summed E-state index contributed by atoms with van der Waals surface area (Å²) >= 11 is 0. The first kappa shape index (κ1) is 13.0. The molecule has 0 atom stereocenters. The minimum Gasteiger partial charge on any atom is -0.496 e. The molecule has 0 heterocycles. The van der Waals surface area contributed by atoms with Gasteiger partial charge in [0.2, 0.25) is 0 Å². The van der Waals surface area contributed by atoms with Gasteiger partial charge < -0.3 is 19.5 Å². The van der Waals surface area contributed by atoms with Crippen LogP contribution in [-0.2, 0) is 0 Å². The maximum Gasteiger partial charge on any atom is 0.126 e. The van der Waals surface area contributed by atoms with Gasteiger partial charge in [0, 0.05) is 24.2 Å². The predicted octanol–water partition coefficient (Wildman–Crippen LogP) is 2.22.